The van der Waals surface area contributed by atoms with Gasteiger partial charge in [-0.2, -0.15) is 0 Å². The molecule has 18 atom stereocenters. The SMILES string of the molecule is CO[C@@H]1[C@@H](O)[C@@H](O[C@@H]2CC[C@]3(CO)[C@@H](CC[C@H]4[C@H]3CC[C@@]3(C)[C@H](C5=CC(=O)OC5)CC[C@@]43O)C2)O[C@H](C)[C@H]1O[C@@H]1O[C@H](CO)[C@@H](O)[C@H](O)[C@H]1O. The van der Waals surface area contributed by atoms with Crippen LogP contribution in [0.4, 0.5) is 0 Å². The molecule has 0 aromatic rings. The highest BCUT2D eigenvalue weighted by molar-refractivity contribution is 5.85. The standard InChI is InChI=1S/C36H56O14/c1-17-30(50-32-28(42)27(41)26(40)24(14-37)49-32)31(45-3)29(43)33(47-17)48-20-6-10-35(16-38)19(13-20)4-5-23-22(35)7-9-34(2)21(8-11-36(23,34)44)18-12-25(39)46-15-18/h12,17,19-24,26-33,37-38,40-44H,4-11,13-16H2,1-3H3/t17-,19+,20-,21+,22-,23+,24-,26-,27+,28-,29-,30-,31-,32+,33-,34+,35+,36-/m1/s1. The average Bonchev–Trinajstić information content (AvgIpc) is 3.65. The number of ether oxygens (including phenoxy) is 6. The van der Waals surface area contributed by atoms with Gasteiger partial charge in [-0.05, 0) is 99.4 Å². The molecule has 0 bridgehead atoms. The van der Waals surface area contributed by atoms with E-state index in [0.717, 1.165) is 44.1 Å². The molecule has 7 N–H and O–H groups in total. The van der Waals surface area contributed by atoms with E-state index < -0.39 is 73.6 Å². The summed E-state index contributed by atoms with van der Waals surface area (Å²) in [6.45, 7) is 3.65. The highest BCUT2D eigenvalue weighted by Crippen LogP contribution is 2.70. The number of rotatable bonds is 8. The summed E-state index contributed by atoms with van der Waals surface area (Å²) >= 11 is 0. The quantitative estimate of drug-likeness (QED) is 0.129. The minimum atomic E-state index is -1.62. The zero-order valence-corrected chi connectivity index (χ0v) is 29.2. The van der Waals surface area contributed by atoms with Gasteiger partial charge in [-0.15, -0.1) is 0 Å². The molecule has 0 radical (unpaired) electrons. The molecule has 3 aliphatic heterocycles. The van der Waals surface area contributed by atoms with E-state index in [0.29, 0.717) is 25.9 Å². The van der Waals surface area contributed by atoms with Crippen LogP contribution in [0.25, 0.3) is 0 Å². The Morgan fingerprint density at radius 2 is 1.62 bits per heavy atom. The van der Waals surface area contributed by atoms with Crippen LogP contribution in [-0.4, -0.2) is 142 Å². The molecule has 0 amide bonds. The lowest BCUT2D eigenvalue weighted by atomic mass is 9.43. The molecular formula is C36H56O14. The maximum atomic E-state index is 12.5. The van der Waals surface area contributed by atoms with Gasteiger partial charge in [0.1, 0.15) is 49.3 Å². The van der Waals surface area contributed by atoms with Crippen molar-refractivity contribution in [3.8, 4) is 0 Å². The largest absolute Gasteiger partial charge is 0.458 e. The summed E-state index contributed by atoms with van der Waals surface area (Å²) in [5, 5.41) is 75.5. The minimum absolute atomic E-state index is 0.0393. The normalized spacial score (nSPS) is 53.6. The van der Waals surface area contributed by atoms with Gasteiger partial charge in [-0.3, -0.25) is 0 Å². The Kier molecular flexibility index (Phi) is 10.3. The molecule has 2 saturated heterocycles. The molecule has 3 heterocycles. The number of fused-ring (bicyclic) bond motifs is 5. The number of methoxy groups -OCH3 is 1. The van der Waals surface area contributed by atoms with Crippen LogP contribution in [0.2, 0.25) is 0 Å². The molecule has 14 heteroatoms. The van der Waals surface area contributed by atoms with Crippen molar-refractivity contribution in [2.75, 3.05) is 26.9 Å². The third-order valence-electron chi connectivity index (χ3n) is 14.4. The van der Waals surface area contributed by atoms with E-state index in [4.69, 9.17) is 28.4 Å². The van der Waals surface area contributed by atoms with Crippen LogP contribution < -0.4 is 0 Å². The van der Waals surface area contributed by atoms with E-state index in [1.165, 1.54) is 7.11 Å². The Bertz CT molecular complexity index is 1280. The van der Waals surface area contributed by atoms with Crippen LogP contribution >= 0.6 is 0 Å². The summed E-state index contributed by atoms with van der Waals surface area (Å²) in [6.07, 6.45) is -3.94. The Hall–Kier alpha value is -1.27. The van der Waals surface area contributed by atoms with E-state index in [2.05, 4.69) is 6.92 Å². The number of aliphatic hydroxyl groups is 7. The molecule has 14 nitrogen and oxygen atoms in total. The molecule has 284 valence electrons. The fourth-order valence-corrected chi connectivity index (χ4v) is 11.7. The summed E-state index contributed by atoms with van der Waals surface area (Å²) < 4.78 is 35.0. The number of aliphatic hydroxyl groups excluding tert-OH is 6. The van der Waals surface area contributed by atoms with Crippen molar-refractivity contribution in [1.29, 1.82) is 0 Å². The highest BCUT2D eigenvalue weighted by atomic mass is 16.7. The second-order valence-corrected chi connectivity index (χ2v) is 16.4. The van der Waals surface area contributed by atoms with Crippen LogP contribution in [0.3, 0.4) is 0 Å². The first-order chi connectivity index (χ1) is 23.8. The second-order valence-electron chi connectivity index (χ2n) is 16.4. The first kappa shape index (κ1) is 37.1. The summed E-state index contributed by atoms with van der Waals surface area (Å²) in [7, 11) is 1.41. The maximum Gasteiger partial charge on any atom is 0.331 e. The molecule has 0 spiro atoms. The first-order valence-electron chi connectivity index (χ1n) is 18.5. The van der Waals surface area contributed by atoms with E-state index in [-0.39, 0.29) is 53.2 Å². The Morgan fingerprint density at radius 3 is 2.30 bits per heavy atom. The third kappa shape index (κ3) is 5.72. The number of hydrogen-bond acceptors (Lipinski definition) is 14. The van der Waals surface area contributed by atoms with Gasteiger partial charge in [0.2, 0.25) is 0 Å². The summed E-state index contributed by atoms with van der Waals surface area (Å²) in [5.41, 5.74) is -0.584. The van der Waals surface area contributed by atoms with Crippen LogP contribution in [0.1, 0.15) is 71.6 Å². The fraction of sp³-hybridized carbons (Fsp3) is 0.917. The summed E-state index contributed by atoms with van der Waals surface area (Å²) in [6, 6.07) is 0. The van der Waals surface area contributed by atoms with E-state index in [9.17, 15) is 40.5 Å². The van der Waals surface area contributed by atoms with Crippen molar-refractivity contribution >= 4 is 5.97 Å². The minimum Gasteiger partial charge on any atom is -0.458 e. The van der Waals surface area contributed by atoms with Crippen molar-refractivity contribution in [2.45, 2.75) is 145 Å². The second kappa shape index (κ2) is 13.9. The smallest absolute Gasteiger partial charge is 0.331 e. The first-order valence-corrected chi connectivity index (χ1v) is 18.5. The molecule has 0 unspecified atom stereocenters. The van der Waals surface area contributed by atoms with Crippen LogP contribution in [0.5, 0.6) is 0 Å². The Balaban J connectivity index is 1.01. The Morgan fingerprint density at radius 1 is 0.860 bits per heavy atom. The third-order valence-corrected chi connectivity index (χ3v) is 14.4. The van der Waals surface area contributed by atoms with Gasteiger partial charge in [0.25, 0.3) is 0 Å². The van der Waals surface area contributed by atoms with Crippen LogP contribution in [0, 0.1) is 34.5 Å². The number of carbonyl (C=O) groups excluding carboxylic acids is 1. The lowest BCUT2D eigenvalue weighted by Gasteiger charge is -2.64. The summed E-state index contributed by atoms with van der Waals surface area (Å²) in [4.78, 5) is 11.9. The predicted molar refractivity (Wildman–Crippen MR) is 172 cm³/mol. The van der Waals surface area contributed by atoms with E-state index in [1.54, 1.807) is 13.0 Å². The van der Waals surface area contributed by atoms with Crippen LogP contribution in [-0.2, 0) is 33.2 Å². The number of carbonyl (C=O) groups is 1. The van der Waals surface area contributed by atoms with Gasteiger partial charge in [0.05, 0.1) is 24.4 Å². The summed E-state index contributed by atoms with van der Waals surface area (Å²) in [5.74, 6) is 0.188. The molecule has 0 aromatic heterocycles. The predicted octanol–water partition coefficient (Wildman–Crippen LogP) is -0.0932. The molecule has 7 rings (SSSR count). The van der Waals surface area contributed by atoms with Gasteiger partial charge < -0.3 is 64.2 Å². The average molecular weight is 713 g/mol. The molecule has 6 fully saturated rings. The van der Waals surface area contributed by atoms with Crippen molar-refractivity contribution in [1.82, 2.24) is 0 Å². The van der Waals surface area contributed by atoms with Crippen molar-refractivity contribution in [2.24, 2.45) is 34.5 Å². The number of cyclic esters (lactones) is 1. The zero-order chi connectivity index (χ0) is 35.7. The Labute approximate surface area is 292 Å². The monoisotopic (exact) mass is 712 g/mol. The zero-order valence-electron chi connectivity index (χ0n) is 29.2. The van der Waals surface area contributed by atoms with Gasteiger partial charge in [0, 0.05) is 25.2 Å². The molecular weight excluding hydrogens is 656 g/mol. The maximum absolute atomic E-state index is 12.5. The van der Waals surface area contributed by atoms with Gasteiger partial charge in [0.15, 0.2) is 12.6 Å². The lowest BCUT2D eigenvalue weighted by Crippen LogP contribution is -2.65. The van der Waals surface area contributed by atoms with E-state index >= 15 is 0 Å². The van der Waals surface area contributed by atoms with Gasteiger partial charge >= 0.3 is 5.97 Å². The van der Waals surface area contributed by atoms with E-state index in [1.807, 2.05) is 0 Å². The van der Waals surface area contributed by atoms with Crippen LogP contribution in [0.15, 0.2) is 11.6 Å². The van der Waals surface area contributed by atoms with Crippen molar-refractivity contribution in [3.05, 3.63) is 11.6 Å². The molecule has 7 aliphatic rings. The molecule has 50 heavy (non-hydrogen) atoms. The topological polar surface area (TPSA) is 214 Å². The van der Waals surface area contributed by atoms with Crippen molar-refractivity contribution in [3.63, 3.8) is 0 Å². The fourth-order valence-electron chi connectivity index (χ4n) is 11.7. The van der Waals surface area contributed by atoms with Gasteiger partial charge in [-0.1, -0.05) is 6.92 Å². The lowest BCUT2D eigenvalue weighted by molar-refractivity contribution is -0.362. The molecule has 4 aliphatic carbocycles. The molecule has 0 aromatic carbocycles. The number of hydrogen-bond donors (Lipinski definition) is 7. The highest BCUT2D eigenvalue weighted by Gasteiger charge is 2.68. The van der Waals surface area contributed by atoms with Crippen molar-refractivity contribution < 1.29 is 69.0 Å². The molecule has 4 saturated carbocycles. The number of esters is 1. The van der Waals surface area contributed by atoms with Gasteiger partial charge in [-0.25, -0.2) is 4.79 Å².